The lowest BCUT2D eigenvalue weighted by molar-refractivity contribution is -0.143. The van der Waals surface area contributed by atoms with Crippen LogP contribution in [-0.2, 0) is 9.59 Å². The van der Waals surface area contributed by atoms with E-state index in [2.05, 4.69) is 11.8 Å². The molecular formula is C16H29N3O3. The van der Waals surface area contributed by atoms with Gasteiger partial charge in [-0.3, -0.25) is 14.5 Å². The van der Waals surface area contributed by atoms with Gasteiger partial charge >= 0.3 is 5.97 Å². The highest BCUT2D eigenvalue weighted by Gasteiger charge is 2.29. The summed E-state index contributed by atoms with van der Waals surface area (Å²) in [6, 6.07) is -0.418. The van der Waals surface area contributed by atoms with Crippen LogP contribution in [-0.4, -0.2) is 83.5 Å². The van der Waals surface area contributed by atoms with E-state index < -0.39 is 12.0 Å². The molecule has 1 N–H and O–H groups in total. The first kappa shape index (κ1) is 17.2. The lowest BCUT2D eigenvalue weighted by Gasteiger charge is -2.37. The SMILES string of the molecule is CCN1CCN(C(=O)CC2CCN(C(C)C(=O)O)CC2)CC1. The fourth-order valence-corrected chi connectivity index (χ4v) is 3.39. The highest BCUT2D eigenvalue weighted by Crippen LogP contribution is 2.23. The average molecular weight is 311 g/mol. The molecule has 2 saturated heterocycles. The summed E-state index contributed by atoms with van der Waals surface area (Å²) >= 11 is 0. The monoisotopic (exact) mass is 311 g/mol. The Labute approximate surface area is 133 Å². The second kappa shape index (κ2) is 7.92. The van der Waals surface area contributed by atoms with Crippen LogP contribution >= 0.6 is 0 Å². The Balaban J connectivity index is 1.72. The number of aliphatic carboxylic acids is 1. The maximum absolute atomic E-state index is 12.4. The van der Waals surface area contributed by atoms with Crippen molar-refractivity contribution >= 4 is 11.9 Å². The van der Waals surface area contributed by atoms with Gasteiger partial charge in [0.1, 0.15) is 6.04 Å². The van der Waals surface area contributed by atoms with Gasteiger partial charge in [0.25, 0.3) is 0 Å². The highest BCUT2D eigenvalue weighted by atomic mass is 16.4. The van der Waals surface area contributed by atoms with Gasteiger partial charge in [0.2, 0.25) is 5.91 Å². The molecule has 1 amide bonds. The van der Waals surface area contributed by atoms with E-state index in [1.165, 1.54) is 0 Å². The van der Waals surface area contributed by atoms with Crippen LogP contribution < -0.4 is 0 Å². The number of hydrogen-bond donors (Lipinski definition) is 1. The molecule has 22 heavy (non-hydrogen) atoms. The normalized spacial score (nSPS) is 23.5. The van der Waals surface area contributed by atoms with Crippen LogP contribution in [0.1, 0.15) is 33.1 Å². The van der Waals surface area contributed by atoms with Crippen LogP contribution in [0.5, 0.6) is 0 Å². The van der Waals surface area contributed by atoms with Crippen molar-refractivity contribution in [2.45, 2.75) is 39.2 Å². The standard InChI is InChI=1S/C16H29N3O3/c1-3-17-8-10-19(11-9-17)15(20)12-14-4-6-18(7-5-14)13(2)16(21)22/h13-14H,3-12H2,1-2H3,(H,21,22). The van der Waals surface area contributed by atoms with Crippen molar-refractivity contribution in [2.24, 2.45) is 5.92 Å². The van der Waals surface area contributed by atoms with Crippen LogP contribution in [0.25, 0.3) is 0 Å². The Kier molecular flexibility index (Phi) is 6.20. The first-order valence-electron chi connectivity index (χ1n) is 8.48. The van der Waals surface area contributed by atoms with Crippen molar-refractivity contribution in [3.63, 3.8) is 0 Å². The second-order valence-corrected chi connectivity index (χ2v) is 6.51. The molecule has 0 radical (unpaired) electrons. The molecule has 0 bridgehead atoms. The molecule has 2 fully saturated rings. The van der Waals surface area contributed by atoms with Gasteiger partial charge in [0, 0.05) is 32.6 Å². The summed E-state index contributed by atoms with van der Waals surface area (Å²) in [5.74, 6) is -0.0715. The first-order valence-corrected chi connectivity index (χ1v) is 8.48. The van der Waals surface area contributed by atoms with Crippen LogP contribution in [0.4, 0.5) is 0 Å². The molecule has 0 saturated carbocycles. The Bertz CT molecular complexity index is 386. The third-order valence-electron chi connectivity index (χ3n) is 5.19. The van der Waals surface area contributed by atoms with Crippen LogP contribution in [0.3, 0.4) is 0 Å². The average Bonchev–Trinajstić information content (AvgIpc) is 2.54. The van der Waals surface area contributed by atoms with Crippen LogP contribution in [0.2, 0.25) is 0 Å². The van der Waals surface area contributed by atoms with Crippen molar-refractivity contribution in [1.29, 1.82) is 0 Å². The lowest BCUT2D eigenvalue weighted by atomic mass is 9.92. The van der Waals surface area contributed by atoms with Gasteiger partial charge in [-0.1, -0.05) is 6.92 Å². The fourth-order valence-electron chi connectivity index (χ4n) is 3.39. The number of piperazine rings is 1. The topological polar surface area (TPSA) is 64.1 Å². The third kappa shape index (κ3) is 4.43. The fraction of sp³-hybridized carbons (Fsp3) is 0.875. The van der Waals surface area contributed by atoms with Crippen molar-refractivity contribution in [1.82, 2.24) is 14.7 Å². The molecule has 1 atom stereocenters. The summed E-state index contributed by atoms with van der Waals surface area (Å²) in [6.45, 7) is 10.2. The number of rotatable bonds is 5. The zero-order chi connectivity index (χ0) is 16.1. The molecule has 2 rings (SSSR count). The summed E-state index contributed by atoms with van der Waals surface area (Å²) in [5, 5.41) is 9.05. The number of carbonyl (C=O) groups excluding carboxylic acids is 1. The predicted octanol–water partition coefficient (Wildman–Crippen LogP) is 0.726. The summed E-state index contributed by atoms with van der Waals surface area (Å²) in [4.78, 5) is 29.8. The maximum Gasteiger partial charge on any atom is 0.320 e. The number of hydrogen-bond acceptors (Lipinski definition) is 4. The van der Waals surface area contributed by atoms with E-state index in [9.17, 15) is 9.59 Å². The molecule has 2 aliphatic heterocycles. The van der Waals surface area contributed by atoms with Crippen molar-refractivity contribution < 1.29 is 14.7 Å². The van der Waals surface area contributed by atoms with Crippen molar-refractivity contribution in [2.75, 3.05) is 45.8 Å². The number of likely N-dealkylation sites (tertiary alicyclic amines) is 1. The molecule has 0 aromatic carbocycles. The number of carbonyl (C=O) groups is 2. The minimum Gasteiger partial charge on any atom is -0.480 e. The van der Waals surface area contributed by atoms with E-state index in [1.54, 1.807) is 6.92 Å². The van der Waals surface area contributed by atoms with Gasteiger partial charge in [0.15, 0.2) is 0 Å². The number of amides is 1. The molecule has 0 aliphatic carbocycles. The van der Waals surface area contributed by atoms with Gasteiger partial charge in [-0.25, -0.2) is 0 Å². The summed E-state index contributed by atoms with van der Waals surface area (Å²) in [7, 11) is 0. The van der Waals surface area contributed by atoms with E-state index in [0.717, 1.165) is 58.7 Å². The first-order chi connectivity index (χ1) is 10.5. The number of likely N-dealkylation sites (N-methyl/N-ethyl adjacent to an activating group) is 1. The van der Waals surface area contributed by atoms with Crippen molar-refractivity contribution in [3.05, 3.63) is 0 Å². The van der Waals surface area contributed by atoms with Crippen molar-refractivity contribution in [3.8, 4) is 0 Å². The van der Waals surface area contributed by atoms with E-state index in [1.807, 2.05) is 9.80 Å². The van der Waals surface area contributed by atoms with Crippen LogP contribution in [0.15, 0.2) is 0 Å². The minimum absolute atomic E-state index is 0.278. The van der Waals surface area contributed by atoms with Gasteiger partial charge in [0.05, 0.1) is 0 Å². The Morgan fingerprint density at radius 3 is 2.18 bits per heavy atom. The van der Waals surface area contributed by atoms with Gasteiger partial charge in [-0.15, -0.1) is 0 Å². The number of piperidine rings is 1. The smallest absolute Gasteiger partial charge is 0.320 e. The molecule has 1 unspecified atom stereocenters. The van der Waals surface area contributed by atoms with E-state index in [4.69, 9.17) is 5.11 Å². The number of carboxylic acid groups (broad SMARTS) is 1. The molecule has 2 aliphatic rings. The molecule has 6 nitrogen and oxygen atoms in total. The van der Waals surface area contributed by atoms with Gasteiger partial charge in [-0.2, -0.15) is 0 Å². The maximum atomic E-state index is 12.4. The molecule has 0 aromatic rings. The second-order valence-electron chi connectivity index (χ2n) is 6.51. The zero-order valence-corrected chi connectivity index (χ0v) is 13.8. The zero-order valence-electron chi connectivity index (χ0n) is 13.8. The molecule has 6 heteroatoms. The molecule has 2 heterocycles. The minimum atomic E-state index is -0.761. The quantitative estimate of drug-likeness (QED) is 0.811. The molecular weight excluding hydrogens is 282 g/mol. The largest absolute Gasteiger partial charge is 0.480 e. The third-order valence-corrected chi connectivity index (χ3v) is 5.19. The molecule has 126 valence electrons. The summed E-state index contributed by atoms with van der Waals surface area (Å²) in [5.41, 5.74) is 0. The summed E-state index contributed by atoms with van der Waals surface area (Å²) < 4.78 is 0. The van der Waals surface area contributed by atoms with Gasteiger partial charge in [-0.05, 0) is 45.3 Å². The van der Waals surface area contributed by atoms with E-state index in [-0.39, 0.29) is 5.91 Å². The predicted molar refractivity (Wildman–Crippen MR) is 84.7 cm³/mol. The summed E-state index contributed by atoms with van der Waals surface area (Å²) in [6.07, 6.45) is 2.48. The lowest BCUT2D eigenvalue weighted by Crippen LogP contribution is -2.49. The molecule has 0 spiro atoms. The van der Waals surface area contributed by atoms with Crippen LogP contribution in [0, 0.1) is 5.92 Å². The highest BCUT2D eigenvalue weighted by molar-refractivity contribution is 5.76. The number of nitrogens with zero attached hydrogens (tertiary/aromatic N) is 3. The van der Waals surface area contributed by atoms with E-state index >= 15 is 0 Å². The Morgan fingerprint density at radius 1 is 1.09 bits per heavy atom. The Hall–Kier alpha value is -1.14. The number of carboxylic acids is 1. The van der Waals surface area contributed by atoms with Gasteiger partial charge < -0.3 is 14.9 Å². The Morgan fingerprint density at radius 2 is 1.68 bits per heavy atom. The molecule has 0 aromatic heterocycles. The van der Waals surface area contributed by atoms with E-state index in [0.29, 0.717) is 12.3 Å².